The van der Waals surface area contributed by atoms with Crippen molar-refractivity contribution in [2.45, 2.75) is 13.1 Å². The highest BCUT2D eigenvalue weighted by Crippen LogP contribution is 2.28. The van der Waals surface area contributed by atoms with Crippen LogP contribution in [-0.2, 0) is 6.18 Å². The third-order valence-corrected chi connectivity index (χ3v) is 3.47. The maximum absolute atomic E-state index is 12.6. The quantitative estimate of drug-likeness (QED) is 0.789. The van der Waals surface area contributed by atoms with Gasteiger partial charge in [-0.1, -0.05) is 0 Å². The molecule has 0 aliphatic carbocycles. The van der Waals surface area contributed by atoms with Crippen LogP contribution < -0.4 is 5.32 Å². The lowest BCUT2D eigenvalue weighted by Crippen LogP contribution is -2.13. The third-order valence-electron chi connectivity index (χ3n) is 3.47. The second-order valence-electron chi connectivity index (χ2n) is 5.15. The number of alkyl halides is 3. The summed E-state index contributed by atoms with van der Waals surface area (Å²) in [4.78, 5) is 20.0. The van der Waals surface area contributed by atoms with Crippen molar-refractivity contribution in [2.75, 3.05) is 5.32 Å². The van der Waals surface area contributed by atoms with Gasteiger partial charge in [-0.05, 0) is 31.2 Å². The standard InChI is InChI=1S/C16H12F3N5O/c1-10-13(15(25)23-12-3-2-6-20-8-12)9-22-24(10)14-5-4-11(7-21-14)16(17,18)19/h2-9H,1H3,(H,23,25). The summed E-state index contributed by atoms with van der Waals surface area (Å²) in [7, 11) is 0. The molecule has 1 amide bonds. The molecule has 3 aromatic heterocycles. The number of hydrogen-bond acceptors (Lipinski definition) is 4. The Labute approximate surface area is 140 Å². The molecule has 0 fully saturated rings. The number of anilines is 1. The van der Waals surface area contributed by atoms with Crippen molar-refractivity contribution in [3.8, 4) is 5.82 Å². The zero-order valence-electron chi connectivity index (χ0n) is 12.9. The minimum Gasteiger partial charge on any atom is -0.320 e. The summed E-state index contributed by atoms with van der Waals surface area (Å²) >= 11 is 0. The number of halogens is 3. The first kappa shape index (κ1) is 16.6. The third kappa shape index (κ3) is 3.49. The number of nitrogens with one attached hydrogen (secondary N) is 1. The van der Waals surface area contributed by atoms with E-state index in [1.165, 1.54) is 23.1 Å². The highest BCUT2D eigenvalue weighted by molar-refractivity contribution is 6.04. The van der Waals surface area contributed by atoms with Gasteiger partial charge in [-0.2, -0.15) is 18.3 Å². The highest BCUT2D eigenvalue weighted by atomic mass is 19.4. The molecule has 0 saturated heterocycles. The molecule has 0 bridgehead atoms. The van der Waals surface area contributed by atoms with Gasteiger partial charge in [0.2, 0.25) is 0 Å². The van der Waals surface area contributed by atoms with E-state index < -0.39 is 17.6 Å². The van der Waals surface area contributed by atoms with E-state index in [2.05, 4.69) is 20.4 Å². The van der Waals surface area contributed by atoms with Crippen LogP contribution in [0.5, 0.6) is 0 Å². The Morgan fingerprint density at radius 3 is 2.56 bits per heavy atom. The number of nitrogens with zero attached hydrogens (tertiary/aromatic N) is 4. The Hall–Kier alpha value is -3.23. The molecule has 0 spiro atoms. The molecule has 3 aromatic rings. The van der Waals surface area contributed by atoms with Gasteiger partial charge in [-0.3, -0.25) is 9.78 Å². The monoisotopic (exact) mass is 347 g/mol. The predicted octanol–water partition coefficient (Wildman–Crippen LogP) is 3.24. The van der Waals surface area contributed by atoms with Gasteiger partial charge in [0.15, 0.2) is 5.82 Å². The number of carbonyl (C=O) groups is 1. The smallest absolute Gasteiger partial charge is 0.320 e. The average Bonchev–Trinajstić information content (AvgIpc) is 2.97. The van der Waals surface area contributed by atoms with E-state index in [0.717, 1.165) is 12.3 Å². The number of rotatable bonds is 3. The minimum absolute atomic E-state index is 0.186. The molecule has 0 aliphatic heterocycles. The van der Waals surface area contributed by atoms with Crippen molar-refractivity contribution >= 4 is 11.6 Å². The number of carbonyl (C=O) groups excluding carboxylic acids is 1. The zero-order chi connectivity index (χ0) is 18.0. The fraction of sp³-hybridized carbons (Fsp3) is 0.125. The molecule has 0 unspecified atom stereocenters. The van der Waals surface area contributed by atoms with Crippen LogP contribution in [0.15, 0.2) is 49.1 Å². The van der Waals surface area contributed by atoms with E-state index >= 15 is 0 Å². The van der Waals surface area contributed by atoms with E-state index in [0.29, 0.717) is 11.4 Å². The minimum atomic E-state index is -4.46. The fourth-order valence-corrected chi connectivity index (χ4v) is 2.18. The topological polar surface area (TPSA) is 72.7 Å². The molecule has 0 radical (unpaired) electrons. The first-order chi connectivity index (χ1) is 11.9. The Balaban J connectivity index is 1.85. The van der Waals surface area contributed by atoms with Gasteiger partial charge >= 0.3 is 6.18 Å². The molecule has 1 N–H and O–H groups in total. The summed E-state index contributed by atoms with van der Waals surface area (Å²) < 4.78 is 39.1. The molecule has 3 rings (SSSR count). The van der Waals surface area contributed by atoms with Gasteiger partial charge in [0, 0.05) is 12.4 Å². The Kier molecular flexibility index (Phi) is 4.22. The van der Waals surface area contributed by atoms with Gasteiger partial charge in [-0.25, -0.2) is 9.67 Å². The number of pyridine rings is 2. The first-order valence-electron chi connectivity index (χ1n) is 7.16. The number of hydrogen-bond donors (Lipinski definition) is 1. The van der Waals surface area contributed by atoms with Gasteiger partial charge in [0.1, 0.15) is 0 Å². The van der Waals surface area contributed by atoms with Gasteiger partial charge < -0.3 is 5.32 Å². The van der Waals surface area contributed by atoms with Crippen molar-refractivity contribution in [2.24, 2.45) is 0 Å². The normalized spacial score (nSPS) is 11.4. The Morgan fingerprint density at radius 1 is 1.16 bits per heavy atom. The van der Waals surface area contributed by atoms with Crippen molar-refractivity contribution < 1.29 is 18.0 Å². The molecule has 9 heteroatoms. The predicted molar refractivity (Wildman–Crippen MR) is 83.3 cm³/mol. The molecule has 3 heterocycles. The maximum atomic E-state index is 12.6. The van der Waals surface area contributed by atoms with E-state index in [-0.39, 0.29) is 11.4 Å². The van der Waals surface area contributed by atoms with Gasteiger partial charge in [0.25, 0.3) is 5.91 Å². The van der Waals surface area contributed by atoms with E-state index in [1.807, 2.05) is 0 Å². The Morgan fingerprint density at radius 2 is 1.96 bits per heavy atom. The fourth-order valence-electron chi connectivity index (χ4n) is 2.18. The van der Waals surface area contributed by atoms with Gasteiger partial charge in [0.05, 0.1) is 34.9 Å². The highest BCUT2D eigenvalue weighted by Gasteiger charge is 2.30. The van der Waals surface area contributed by atoms with Crippen molar-refractivity contribution in [3.63, 3.8) is 0 Å². The molecule has 0 aliphatic rings. The Bertz CT molecular complexity index is 888. The largest absolute Gasteiger partial charge is 0.417 e. The van der Waals surface area contributed by atoms with Crippen molar-refractivity contribution in [1.82, 2.24) is 19.7 Å². The van der Waals surface area contributed by atoms with Crippen LogP contribution in [0.1, 0.15) is 21.6 Å². The second kappa shape index (κ2) is 6.34. The van der Waals surface area contributed by atoms with Crippen molar-refractivity contribution in [3.05, 3.63) is 65.9 Å². The van der Waals surface area contributed by atoms with Gasteiger partial charge in [-0.15, -0.1) is 0 Å². The lowest BCUT2D eigenvalue weighted by molar-refractivity contribution is -0.137. The summed E-state index contributed by atoms with van der Waals surface area (Å²) in [6.07, 6.45) is 0.677. The second-order valence-corrected chi connectivity index (χ2v) is 5.15. The molecule has 0 saturated carbocycles. The van der Waals surface area contributed by atoms with Crippen molar-refractivity contribution in [1.29, 1.82) is 0 Å². The van der Waals surface area contributed by atoms with Crippen LogP contribution >= 0.6 is 0 Å². The SMILES string of the molecule is Cc1c(C(=O)Nc2cccnc2)cnn1-c1ccc(C(F)(F)F)cn1. The van der Waals surface area contributed by atoms with Crippen LogP contribution in [0.2, 0.25) is 0 Å². The molecular formula is C16H12F3N5O. The van der Waals surface area contributed by atoms with E-state index in [9.17, 15) is 18.0 Å². The first-order valence-corrected chi connectivity index (χ1v) is 7.16. The average molecular weight is 347 g/mol. The molecule has 25 heavy (non-hydrogen) atoms. The molecule has 0 atom stereocenters. The van der Waals surface area contributed by atoms with E-state index in [1.54, 1.807) is 25.3 Å². The zero-order valence-corrected chi connectivity index (χ0v) is 12.9. The van der Waals surface area contributed by atoms with Crippen LogP contribution in [0, 0.1) is 6.92 Å². The molecule has 6 nitrogen and oxygen atoms in total. The lowest BCUT2D eigenvalue weighted by Gasteiger charge is -2.08. The lowest BCUT2D eigenvalue weighted by atomic mass is 10.2. The van der Waals surface area contributed by atoms with Crippen LogP contribution in [0.3, 0.4) is 0 Å². The summed E-state index contributed by atoms with van der Waals surface area (Å²) in [6.45, 7) is 1.63. The summed E-state index contributed by atoms with van der Waals surface area (Å²) in [5, 5.41) is 6.71. The van der Waals surface area contributed by atoms with Crippen LogP contribution in [-0.4, -0.2) is 25.7 Å². The summed E-state index contributed by atoms with van der Waals surface area (Å²) in [6, 6.07) is 5.48. The number of amides is 1. The summed E-state index contributed by atoms with van der Waals surface area (Å²) in [5.41, 5.74) is 0.405. The molecule has 0 aromatic carbocycles. The maximum Gasteiger partial charge on any atom is 0.417 e. The summed E-state index contributed by atoms with van der Waals surface area (Å²) in [5.74, 6) is -0.213. The number of aromatic nitrogens is 4. The van der Waals surface area contributed by atoms with E-state index in [4.69, 9.17) is 0 Å². The molecular weight excluding hydrogens is 335 g/mol. The van der Waals surface area contributed by atoms with Crippen LogP contribution in [0.4, 0.5) is 18.9 Å². The van der Waals surface area contributed by atoms with Crippen LogP contribution in [0.25, 0.3) is 5.82 Å². The molecule has 128 valence electrons.